The van der Waals surface area contributed by atoms with E-state index in [1.54, 1.807) is 0 Å². The molecule has 0 aromatic carbocycles. The monoisotopic (exact) mass is 281 g/mol. The molecule has 3 nitrogen and oxygen atoms in total. The van der Waals surface area contributed by atoms with Crippen LogP contribution in [-0.4, -0.2) is 61.2 Å². The summed E-state index contributed by atoms with van der Waals surface area (Å²) in [4.78, 5) is 5.29. The fraction of sp³-hybridized carbons (Fsp3) is 1.00. The van der Waals surface area contributed by atoms with Crippen molar-refractivity contribution in [2.24, 2.45) is 0 Å². The van der Waals surface area contributed by atoms with Crippen molar-refractivity contribution in [3.63, 3.8) is 0 Å². The molecule has 0 saturated carbocycles. The van der Waals surface area contributed by atoms with Gasteiger partial charge < -0.3 is 15.1 Å². The number of hydrogen-bond donors (Lipinski definition) is 1. The first-order chi connectivity index (χ1) is 9.75. The van der Waals surface area contributed by atoms with E-state index < -0.39 is 0 Å². The van der Waals surface area contributed by atoms with Gasteiger partial charge in [-0.2, -0.15) is 0 Å². The lowest BCUT2D eigenvalue weighted by atomic mass is 10.1. The molecule has 0 aliphatic carbocycles. The molecule has 1 atom stereocenters. The van der Waals surface area contributed by atoms with Gasteiger partial charge >= 0.3 is 0 Å². The molecular weight excluding hydrogens is 246 g/mol. The topological polar surface area (TPSA) is 18.5 Å². The standard InChI is InChI=1S/C17H35N3/c1-16(2)20-14-6-8-17(9-15-20)18-10-7-13-19-11-4-3-5-12-19/h16-18H,3-15H2,1-2H3. The molecule has 0 radical (unpaired) electrons. The van der Waals surface area contributed by atoms with E-state index in [-0.39, 0.29) is 0 Å². The molecule has 2 fully saturated rings. The van der Waals surface area contributed by atoms with E-state index >= 15 is 0 Å². The average molecular weight is 281 g/mol. The number of rotatable bonds is 6. The van der Waals surface area contributed by atoms with Gasteiger partial charge in [-0.3, -0.25) is 0 Å². The third-order valence-electron chi connectivity index (χ3n) is 5.03. The van der Waals surface area contributed by atoms with Crippen LogP contribution in [0.2, 0.25) is 0 Å². The van der Waals surface area contributed by atoms with Gasteiger partial charge in [0.05, 0.1) is 0 Å². The van der Waals surface area contributed by atoms with Crippen LogP contribution in [0.5, 0.6) is 0 Å². The van der Waals surface area contributed by atoms with Gasteiger partial charge in [-0.15, -0.1) is 0 Å². The molecule has 3 heteroatoms. The molecule has 2 aliphatic rings. The Kier molecular flexibility index (Phi) is 7.32. The summed E-state index contributed by atoms with van der Waals surface area (Å²) in [6.07, 6.45) is 9.67. The summed E-state index contributed by atoms with van der Waals surface area (Å²) in [5, 5.41) is 3.81. The highest BCUT2D eigenvalue weighted by molar-refractivity contribution is 4.76. The third kappa shape index (κ3) is 5.71. The maximum Gasteiger partial charge on any atom is 0.00797 e. The Morgan fingerprint density at radius 1 is 0.950 bits per heavy atom. The highest BCUT2D eigenvalue weighted by Gasteiger charge is 2.18. The van der Waals surface area contributed by atoms with Crippen molar-refractivity contribution in [1.82, 2.24) is 15.1 Å². The Balaban J connectivity index is 1.55. The molecule has 118 valence electrons. The molecule has 2 aliphatic heterocycles. The maximum absolute atomic E-state index is 3.81. The molecular formula is C17H35N3. The van der Waals surface area contributed by atoms with Crippen LogP contribution in [0.15, 0.2) is 0 Å². The Labute approximate surface area is 126 Å². The molecule has 0 aromatic rings. The third-order valence-corrected chi connectivity index (χ3v) is 5.03. The molecule has 2 saturated heterocycles. The van der Waals surface area contributed by atoms with Gasteiger partial charge in [0.25, 0.3) is 0 Å². The Morgan fingerprint density at radius 3 is 2.50 bits per heavy atom. The minimum absolute atomic E-state index is 0.716. The summed E-state index contributed by atoms with van der Waals surface area (Å²) in [5.41, 5.74) is 0. The number of nitrogens with one attached hydrogen (secondary N) is 1. The van der Waals surface area contributed by atoms with Gasteiger partial charge in [0.15, 0.2) is 0 Å². The van der Waals surface area contributed by atoms with Crippen LogP contribution in [0.4, 0.5) is 0 Å². The van der Waals surface area contributed by atoms with E-state index in [0.717, 1.165) is 6.04 Å². The van der Waals surface area contributed by atoms with Gasteiger partial charge in [-0.05, 0) is 91.6 Å². The van der Waals surface area contributed by atoms with Gasteiger partial charge in [0, 0.05) is 12.1 Å². The van der Waals surface area contributed by atoms with E-state index in [9.17, 15) is 0 Å². The summed E-state index contributed by atoms with van der Waals surface area (Å²) < 4.78 is 0. The quantitative estimate of drug-likeness (QED) is 0.755. The highest BCUT2D eigenvalue weighted by Crippen LogP contribution is 2.13. The number of hydrogen-bond acceptors (Lipinski definition) is 3. The van der Waals surface area contributed by atoms with Crippen molar-refractivity contribution in [3.05, 3.63) is 0 Å². The SMILES string of the molecule is CC(C)N1CCCC(NCCCN2CCCCC2)CC1. The second kappa shape index (κ2) is 9.01. The zero-order valence-electron chi connectivity index (χ0n) is 13.7. The van der Waals surface area contributed by atoms with E-state index in [2.05, 4.69) is 29.0 Å². The first-order valence-corrected chi connectivity index (χ1v) is 8.95. The van der Waals surface area contributed by atoms with Crippen molar-refractivity contribution in [2.75, 3.05) is 39.3 Å². The summed E-state index contributed by atoms with van der Waals surface area (Å²) in [5.74, 6) is 0. The molecule has 2 heterocycles. The molecule has 20 heavy (non-hydrogen) atoms. The number of piperidine rings is 1. The van der Waals surface area contributed by atoms with Crippen molar-refractivity contribution >= 4 is 0 Å². The van der Waals surface area contributed by atoms with Crippen molar-refractivity contribution in [3.8, 4) is 0 Å². The lowest BCUT2D eigenvalue weighted by Gasteiger charge is -2.27. The summed E-state index contributed by atoms with van der Waals surface area (Å²) in [6, 6.07) is 1.48. The Hall–Kier alpha value is -0.120. The fourth-order valence-corrected chi connectivity index (χ4v) is 3.63. The molecule has 0 aromatic heterocycles. The average Bonchev–Trinajstić information content (AvgIpc) is 2.70. The number of likely N-dealkylation sites (tertiary alicyclic amines) is 2. The minimum atomic E-state index is 0.716. The van der Waals surface area contributed by atoms with Crippen molar-refractivity contribution < 1.29 is 0 Å². The second-order valence-corrected chi connectivity index (χ2v) is 6.97. The largest absolute Gasteiger partial charge is 0.314 e. The fourth-order valence-electron chi connectivity index (χ4n) is 3.63. The normalized spacial score (nSPS) is 26.9. The molecule has 0 bridgehead atoms. The smallest absolute Gasteiger partial charge is 0.00797 e. The van der Waals surface area contributed by atoms with E-state index in [1.807, 2.05) is 0 Å². The summed E-state index contributed by atoms with van der Waals surface area (Å²) in [7, 11) is 0. The Morgan fingerprint density at radius 2 is 1.75 bits per heavy atom. The van der Waals surface area contributed by atoms with Crippen LogP contribution < -0.4 is 5.32 Å². The molecule has 2 rings (SSSR count). The molecule has 1 unspecified atom stereocenters. The van der Waals surface area contributed by atoms with E-state index in [4.69, 9.17) is 0 Å². The van der Waals surface area contributed by atoms with E-state index in [1.165, 1.54) is 84.2 Å². The Bertz CT molecular complexity index is 249. The van der Waals surface area contributed by atoms with Crippen molar-refractivity contribution in [2.45, 2.75) is 70.9 Å². The first kappa shape index (κ1) is 16.3. The first-order valence-electron chi connectivity index (χ1n) is 8.95. The lowest BCUT2D eigenvalue weighted by Crippen LogP contribution is -2.36. The zero-order valence-corrected chi connectivity index (χ0v) is 13.7. The van der Waals surface area contributed by atoms with Gasteiger partial charge in [-0.1, -0.05) is 6.42 Å². The highest BCUT2D eigenvalue weighted by atomic mass is 15.2. The van der Waals surface area contributed by atoms with Crippen LogP contribution in [0.25, 0.3) is 0 Å². The molecule has 0 amide bonds. The maximum atomic E-state index is 3.81. The van der Waals surface area contributed by atoms with Gasteiger partial charge in [-0.25, -0.2) is 0 Å². The summed E-state index contributed by atoms with van der Waals surface area (Å²) >= 11 is 0. The number of nitrogens with zero attached hydrogens (tertiary/aromatic N) is 2. The lowest BCUT2D eigenvalue weighted by molar-refractivity contribution is 0.222. The molecule has 1 N–H and O–H groups in total. The zero-order chi connectivity index (χ0) is 14.2. The van der Waals surface area contributed by atoms with Crippen LogP contribution in [-0.2, 0) is 0 Å². The van der Waals surface area contributed by atoms with Crippen LogP contribution in [0.3, 0.4) is 0 Å². The minimum Gasteiger partial charge on any atom is -0.314 e. The molecule has 0 spiro atoms. The summed E-state index contributed by atoms with van der Waals surface area (Å²) in [6.45, 7) is 12.4. The van der Waals surface area contributed by atoms with Crippen LogP contribution in [0, 0.1) is 0 Å². The van der Waals surface area contributed by atoms with E-state index in [0.29, 0.717) is 6.04 Å². The van der Waals surface area contributed by atoms with Gasteiger partial charge in [0.1, 0.15) is 0 Å². The van der Waals surface area contributed by atoms with Crippen LogP contribution in [0.1, 0.15) is 58.8 Å². The van der Waals surface area contributed by atoms with Gasteiger partial charge in [0.2, 0.25) is 0 Å². The van der Waals surface area contributed by atoms with Crippen molar-refractivity contribution in [1.29, 1.82) is 0 Å². The predicted octanol–water partition coefficient (Wildman–Crippen LogP) is 2.71. The van der Waals surface area contributed by atoms with Crippen LogP contribution >= 0.6 is 0 Å². The predicted molar refractivity (Wildman–Crippen MR) is 87.3 cm³/mol. The second-order valence-electron chi connectivity index (χ2n) is 6.97.